The molecule has 8 nitrogen and oxygen atoms in total. The van der Waals surface area contributed by atoms with E-state index in [-0.39, 0.29) is 17.3 Å². The molecule has 2 rings (SSSR count). The maximum absolute atomic E-state index is 12.4. The van der Waals surface area contributed by atoms with E-state index >= 15 is 0 Å². The molecule has 1 amide bonds. The lowest BCUT2D eigenvalue weighted by Crippen LogP contribution is -2.35. The number of aryl methyl sites for hydroxylation is 1. The minimum atomic E-state index is -0.556. The zero-order chi connectivity index (χ0) is 16.3. The van der Waals surface area contributed by atoms with E-state index in [0.717, 1.165) is 25.7 Å². The molecule has 2 unspecified atom stereocenters. The number of H-pyrrole nitrogens is 1. The zero-order valence-corrected chi connectivity index (χ0v) is 12.9. The molecule has 1 heterocycles. The molecule has 0 aliphatic heterocycles. The number of amides is 1. The molecule has 2 atom stereocenters. The van der Waals surface area contributed by atoms with Gasteiger partial charge in [0.25, 0.3) is 5.91 Å². The minimum Gasteiger partial charge on any atom is -0.393 e. The van der Waals surface area contributed by atoms with Crippen molar-refractivity contribution in [1.29, 1.82) is 0 Å². The third kappa shape index (κ3) is 3.27. The predicted octanol–water partition coefficient (Wildman–Crippen LogP) is 1.50. The van der Waals surface area contributed by atoms with Crippen LogP contribution in [0.15, 0.2) is 0 Å². The monoisotopic (exact) mass is 310 g/mol. The van der Waals surface area contributed by atoms with E-state index in [0.29, 0.717) is 18.7 Å². The molecule has 122 valence electrons. The summed E-state index contributed by atoms with van der Waals surface area (Å²) >= 11 is 0. The number of rotatable bonds is 6. The highest BCUT2D eigenvalue weighted by atomic mass is 16.6. The molecule has 0 aromatic carbocycles. The number of hydrogen-bond acceptors (Lipinski definition) is 5. The van der Waals surface area contributed by atoms with E-state index < -0.39 is 16.9 Å². The Morgan fingerprint density at radius 2 is 2.27 bits per heavy atom. The largest absolute Gasteiger partial charge is 0.393 e. The first-order valence-corrected chi connectivity index (χ1v) is 7.60. The van der Waals surface area contributed by atoms with Gasteiger partial charge in [-0.15, -0.1) is 0 Å². The molecule has 0 saturated heterocycles. The van der Waals surface area contributed by atoms with Crippen molar-refractivity contribution in [1.82, 2.24) is 15.1 Å². The summed E-state index contributed by atoms with van der Waals surface area (Å²) in [4.78, 5) is 24.5. The van der Waals surface area contributed by atoms with E-state index in [4.69, 9.17) is 0 Å². The maximum Gasteiger partial charge on any atom is 0.322 e. The van der Waals surface area contributed by atoms with Crippen LogP contribution in [0.5, 0.6) is 0 Å². The highest BCUT2D eigenvalue weighted by molar-refractivity contribution is 5.96. The highest BCUT2D eigenvalue weighted by Gasteiger charge is 2.33. The molecule has 0 radical (unpaired) electrons. The van der Waals surface area contributed by atoms with E-state index in [2.05, 4.69) is 10.2 Å². The predicted molar refractivity (Wildman–Crippen MR) is 79.5 cm³/mol. The van der Waals surface area contributed by atoms with Gasteiger partial charge in [0.2, 0.25) is 5.69 Å². The molecule has 1 aliphatic rings. The maximum atomic E-state index is 12.4. The molecule has 22 heavy (non-hydrogen) atoms. The van der Waals surface area contributed by atoms with Crippen molar-refractivity contribution < 1.29 is 14.8 Å². The lowest BCUT2D eigenvalue weighted by Gasteiger charge is -2.22. The van der Waals surface area contributed by atoms with Crippen molar-refractivity contribution in [2.24, 2.45) is 5.92 Å². The number of nitro groups is 1. The van der Waals surface area contributed by atoms with Gasteiger partial charge < -0.3 is 10.0 Å². The van der Waals surface area contributed by atoms with Gasteiger partial charge in [-0.1, -0.05) is 19.8 Å². The van der Waals surface area contributed by atoms with Crippen LogP contribution in [0.2, 0.25) is 0 Å². The van der Waals surface area contributed by atoms with Gasteiger partial charge in [0.1, 0.15) is 5.69 Å². The number of aromatic nitrogens is 2. The molecular weight excluding hydrogens is 288 g/mol. The Balaban J connectivity index is 2.16. The summed E-state index contributed by atoms with van der Waals surface area (Å²) in [6.45, 7) is 2.28. The number of aliphatic hydroxyl groups is 1. The van der Waals surface area contributed by atoms with Crippen LogP contribution in [0.1, 0.15) is 48.8 Å². The van der Waals surface area contributed by atoms with Crippen LogP contribution in [0, 0.1) is 16.0 Å². The van der Waals surface area contributed by atoms with Crippen LogP contribution < -0.4 is 0 Å². The number of nitrogens with one attached hydrogen (secondary N) is 1. The Kier molecular flexibility index (Phi) is 5.12. The molecule has 0 bridgehead atoms. The van der Waals surface area contributed by atoms with Gasteiger partial charge in [0, 0.05) is 19.5 Å². The number of nitrogens with zero attached hydrogens (tertiary/aromatic N) is 3. The van der Waals surface area contributed by atoms with Gasteiger partial charge >= 0.3 is 5.69 Å². The molecule has 1 fully saturated rings. The Hall–Kier alpha value is -1.96. The van der Waals surface area contributed by atoms with Crippen molar-refractivity contribution in [3.63, 3.8) is 0 Å². The third-order valence-electron chi connectivity index (χ3n) is 4.17. The fourth-order valence-corrected chi connectivity index (χ4v) is 2.99. The second-order valence-electron chi connectivity index (χ2n) is 5.85. The van der Waals surface area contributed by atoms with E-state index in [1.54, 1.807) is 7.05 Å². The summed E-state index contributed by atoms with van der Waals surface area (Å²) in [5, 5.41) is 27.5. The first-order chi connectivity index (χ1) is 10.5. The molecule has 1 saturated carbocycles. The van der Waals surface area contributed by atoms with Crippen molar-refractivity contribution in [3.8, 4) is 0 Å². The van der Waals surface area contributed by atoms with Gasteiger partial charge in [-0.25, -0.2) is 0 Å². The minimum absolute atomic E-state index is 0.0297. The Bertz CT molecular complexity index is 557. The number of carbonyl (C=O) groups excluding carboxylic acids is 1. The molecule has 1 aromatic rings. The number of hydrogen-bond donors (Lipinski definition) is 2. The second-order valence-corrected chi connectivity index (χ2v) is 5.85. The van der Waals surface area contributed by atoms with Crippen LogP contribution in [0.3, 0.4) is 0 Å². The summed E-state index contributed by atoms with van der Waals surface area (Å²) in [5.74, 6) is -0.452. The van der Waals surface area contributed by atoms with Gasteiger partial charge in [-0.2, -0.15) is 5.10 Å². The highest BCUT2D eigenvalue weighted by Crippen LogP contribution is 2.28. The topological polar surface area (TPSA) is 112 Å². The van der Waals surface area contributed by atoms with E-state index in [1.165, 1.54) is 4.90 Å². The smallest absolute Gasteiger partial charge is 0.322 e. The van der Waals surface area contributed by atoms with E-state index in [9.17, 15) is 20.0 Å². The van der Waals surface area contributed by atoms with Crippen LogP contribution in [0.4, 0.5) is 5.69 Å². The standard InChI is InChI=1S/C14H22N4O4/c1-3-5-10-13(18(21)22)12(16-15-10)14(20)17(2)8-9-6-4-7-11(9)19/h9,11,19H,3-8H2,1-2H3,(H,15,16). The van der Waals surface area contributed by atoms with E-state index in [1.807, 2.05) is 6.92 Å². The first-order valence-electron chi connectivity index (χ1n) is 7.60. The zero-order valence-electron chi connectivity index (χ0n) is 12.9. The number of carbonyl (C=O) groups is 1. The average molecular weight is 310 g/mol. The van der Waals surface area contributed by atoms with Gasteiger partial charge in [-0.3, -0.25) is 20.0 Å². The molecule has 8 heteroatoms. The molecule has 1 aliphatic carbocycles. The second kappa shape index (κ2) is 6.87. The van der Waals surface area contributed by atoms with Gasteiger partial charge in [0.05, 0.1) is 11.0 Å². The van der Waals surface area contributed by atoms with Crippen molar-refractivity contribution >= 4 is 11.6 Å². The van der Waals surface area contributed by atoms with Crippen molar-refractivity contribution in [3.05, 3.63) is 21.5 Å². The molecular formula is C14H22N4O4. The van der Waals surface area contributed by atoms with Crippen LogP contribution in [-0.4, -0.2) is 50.7 Å². The normalized spacial score (nSPS) is 21.0. The molecule has 2 N–H and O–H groups in total. The summed E-state index contributed by atoms with van der Waals surface area (Å²) in [7, 11) is 1.59. The van der Waals surface area contributed by atoms with Crippen molar-refractivity contribution in [2.75, 3.05) is 13.6 Å². The molecule has 1 aromatic heterocycles. The molecule has 0 spiro atoms. The summed E-state index contributed by atoms with van der Waals surface area (Å²) in [6.07, 6.45) is 3.35. The SMILES string of the molecule is CCCc1[nH]nc(C(=O)N(C)CC2CCCC2O)c1[N+](=O)[O-]. The quantitative estimate of drug-likeness (QED) is 0.611. The Morgan fingerprint density at radius 1 is 1.55 bits per heavy atom. The fourth-order valence-electron chi connectivity index (χ4n) is 2.99. The summed E-state index contributed by atoms with van der Waals surface area (Å²) in [6, 6.07) is 0. The average Bonchev–Trinajstić information content (AvgIpc) is 3.05. The first kappa shape index (κ1) is 16.4. The fraction of sp³-hybridized carbons (Fsp3) is 0.714. The third-order valence-corrected chi connectivity index (χ3v) is 4.17. The Labute approximate surface area is 128 Å². The lowest BCUT2D eigenvalue weighted by atomic mass is 10.1. The number of aromatic amines is 1. The van der Waals surface area contributed by atoms with Gasteiger partial charge in [0.15, 0.2) is 0 Å². The lowest BCUT2D eigenvalue weighted by molar-refractivity contribution is -0.385. The van der Waals surface area contributed by atoms with Crippen LogP contribution >= 0.6 is 0 Å². The van der Waals surface area contributed by atoms with Crippen LogP contribution in [-0.2, 0) is 6.42 Å². The Morgan fingerprint density at radius 3 is 2.82 bits per heavy atom. The van der Waals surface area contributed by atoms with Gasteiger partial charge in [-0.05, 0) is 19.3 Å². The summed E-state index contributed by atoms with van der Waals surface area (Å²) in [5.41, 5.74) is -0.000687. The number of aliphatic hydroxyl groups excluding tert-OH is 1. The van der Waals surface area contributed by atoms with Crippen molar-refractivity contribution in [2.45, 2.75) is 45.1 Å². The summed E-state index contributed by atoms with van der Waals surface area (Å²) < 4.78 is 0. The van der Waals surface area contributed by atoms with Crippen LogP contribution in [0.25, 0.3) is 0 Å².